The fourth-order valence-corrected chi connectivity index (χ4v) is 3.19. The average molecular weight is 430 g/mol. The van der Waals surface area contributed by atoms with Crippen LogP contribution in [0.4, 0.5) is 11.6 Å². The molecule has 0 aliphatic heterocycles. The third kappa shape index (κ3) is 5.07. The van der Waals surface area contributed by atoms with Crippen LogP contribution in [-0.4, -0.2) is 45.6 Å². The van der Waals surface area contributed by atoms with Gasteiger partial charge in [0.25, 0.3) is 5.91 Å². The molecule has 0 atom stereocenters. The van der Waals surface area contributed by atoms with Gasteiger partial charge in [0.05, 0.1) is 28.0 Å². The maximum Gasteiger partial charge on any atom is 0.273 e. The lowest BCUT2D eigenvalue weighted by Crippen LogP contribution is -2.23. The van der Waals surface area contributed by atoms with Crippen molar-refractivity contribution < 1.29 is 9.59 Å². The summed E-state index contributed by atoms with van der Waals surface area (Å²) in [6.07, 6.45) is 4.55. The first kappa shape index (κ1) is 20.7. The second kappa shape index (κ2) is 8.98. The second-order valence-electron chi connectivity index (χ2n) is 6.36. The van der Waals surface area contributed by atoms with E-state index in [2.05, 4.69) is 20.3 Å². The standard InChI is InChI=1S/C20H17Cl2N5O2/c1-27(2)20(29)15-10-23-11-18(25-15)26-17-9-12(6-7-24-17)8-16(28)19-13(21)4-3-5-14(19)22/h3-7,9-11H,8H2,1-2H3,(H,24,25,26). The van der Waals surface area contributed by atoms with E-state index in [4.69, 9.17) is 23.2 Å². The monoisotopic (exact) mass is 429 g/mol. The van der Waals surface area contributed by atoms with Gasteiger partial charge in [0.2, 0.25) is 0 Å². The number of halogens is 2. The van der Waals surface area contributed by atoms with Crippen molar-refractivity contribution in [2.24, 2.45) is 0 Å². The molecule has 2 aromatic heterocycles. The summed E-state index contributed by atoms with van der Waals surface area (Å²) < 4.78 is 0. The van der Waals surface area contributed by atoms with E-state index >= 15 is 0 Å². The first-order valence-corrected chi connectivity index (χ1v) is 9.33. The minimum Gasteiger partial charge on any atom is -0.343 e. The van der Waals surface area contributed by atoms with Crippen molar-refractivity contribution in [2.45, 2.75) is 6.42 Å². The Morgan fingerprint density at radius 3 is 2.48 bits per heavy atom. The van der Waals surface area contributed by atoms with Crippen molar-refractivity contribution >= 4 is 46.5 Å². The molecule has 148 valence electrons. The van der Waals surface area contributed by atoms with Gasteiger partial charge < -0.3 is 10.2 Å². The Morgan fingerprint density at radius 2 is 1.79 bits per heavy atom. The van der Waals surface area contributed by atoms with Crippen LogP contribution in [0.15, 0.2) is 48.9 Å². The van der Waals surface area contributed by atoms with Crippen molar-refractivity contribution in [1.82, 2.24) is 19.9 Å². The second-order valence-corrected chi connectivity index (χ2v) is 7.17. The number of ketones is 1. The van der Waals surface area contributed by atoms with Crippen LogP contribution in [-0.2, 0) is 6.42 Å². The highest BCUT2D eigenvalue weighted by Crippen LogP contribution is 2.26. The maximum atomic E-state index is 12.6. The van der Waals surface area contributed by atoms with Gasteiger partial charge in [0, 0.05) is 26.7 Å². The zero-order valence-electron chi connectivity index (χ0n) is 15.7. The molecule has 1 amide bonds. The number of hydrogen-bond acceptors (Lipinski definition) is 6. The summed E-state index contributed by atoms with van der Waals surface area (Å²) in [6.45, 7) is 0. The molecular weight excluding hydrogens is 413 g/mol. The molecular formula is C20H17Cl2N5O2. The van der Waals surface area contributed by atoms with Crippen molar-refractivity contribution in [3.8, 4) is 0 Å². The molecule has 0 aliphatic carbocycles. The Hall–Kier alpha value is -3.03. The lowest BCUT2D eigenvalue weighted by atomic mass is 10.0. The molecule has 0 bridgehead atoms. The van der Waals surface area contributed by atoms with Crippen LogP contribution < -0.4 is 5.32 Å². The molecule has 2 heterocycles. The number of anilines is 2. The summed E-state index contributed by atoms with van der Waals surface area (Å²) in [5.41, 5.74) is 1.22. The maximum absolute atomic E-state index is 12.6. The molecule has 9 heteroatoms. The molecule has 0 aliphatic rings. The van der Waals surface area contributed by atoms with E-state index < -0.39 is 0 Å². The number of benzene rings is 1. The van der Waals surface area contributed by atoms with E-state index in [0.29, 0.717) is 27.2 Å². The van der Waals surface area contributed by atoms with E-state index in [0.717, 1.165) is 5.56 Å². The fraction of sp³-hybridized carbons (Fsp3) is 0.150. The number of amides is 1. The van der Waals surface area contributed by atoms with E-state index in [1.165, 1.54) is 17.3 Å². The van der Waals surface area contributed by atoms with E-state index in [1.54, 1.807) is 50.6 Å². The lowest BCUT2D eigenvalue weighted by molar-refractivity contribution is 0.0821. The van der Waals surface area contributed by atoms with Crippen LogP contribution in [0.3, 0.4) is 0 Å². The molecule has 29 heavy (non-hydrogen) atoms. The number of Topliss-reactive ketones (excluding diaryl/α,β-unsaturated/α-hetero) is 1. The largest absolute Gasteiger partial charge is 0.343 e. The van der Waals surface area contributed by atoms with Gasteiger partial charge in [-0.2, -0.15) is 0 Å². The Balaban J connectivity index is 1.78. The molecule has 0 saturated carbocycles. The molecule has 3 rings (SSSR count). The Morgan fingerprint density at radius 1 is 1.07 bits per heavy atom. The minimum absolute atomic E-state index is 0.103. The van der Waals surface area contributed by atoms with Gasteiger partial charge in [-0.15, -0.1) is 0 Å². The van der Waals surface area contributed by atoms with Gasteiger partial charge in [-0.3, -0.25) is 14.6 Å². The minimum atomic E-state index is -0.259. The van der Waals surface area contributed by atoms with E-state index in [9.17, 15) is 9.59 Å². The number of pyridine rings is 1. The highest BCUT2D eigenvalue weighted by molar-refractivity contribution is 6.39. The van der Waals surface area contributed by atoms with Crippen LogP contribution in [0.1, 0.15) is 26.4 Å². The number of aromatic nitrogens is 3. The smallest absolute Gasteiger partial charge is 0.273 e. The van der Waals surface area contributed by atoms with Gasteiger partial charge in [0.15, 0.2) is 11.6 Å². The number of carbonyl (C=O) groups excluding carboxylic acids is 2. The zero-order chi connectivity index (χ0) is 21.0. The molecule has 0 fully saturated rings. The first-order chi connectivity index (χ1) is 13.8. The van der Waals surface area contributed by atoms with E-state index in [-0.39, 0.29) is 23.8 Å². The predicted octanol–water partition coefficient (Wildman–Crippen LogP) is 4.05. The molecule has 0 unspecified atom stereocenters. The van der Waals surface area contributed by atoms with Gasteiger partial charge in [-0.1, -0.05) is 29.3 Å². The molecule has 1 aromatic carbocycles. The van der Waals surface area contributed by atoms with Gasteiger partial charge in [0.1, 0.15) is 11.5 Å². The number of nitrogens with zero attached hydrogens (tertiary/aromatic N) is 4. The summed E-state index contributed by atoms with van der Waals surface area (Å²) in [5.74, 6) is 0.369. The van der Waals surface area contributed by atoms with Gasteiger partial charge >= 0.3 is 0 Å². The Kier molecular flexibility index (Phi) is 6.41. The quantitative estimate of drug-likeness (QED) is 0.594. The molecule has 0 spiro atoms. The van der Waals surface area contributed by atoms with Gasteiger partial charge in [-0.05, 0) is 29.8 Å². The van der Waals surface area contributed by atoms with Crippen molar-refractivity contribution in [1.29, 1.82) is 0 Å². The molecule has 0 radical (unpaired) electrons. The molecule has 0 saturated heterocycles. The van der Waals surface area contributed by atoms with E-state index in [1.807, 2.05) is 0 Å². The fourth-order valence-electron chi connectivity index (χ4n) is 2.58. The third-order valence-corrected chi connectivity index (χ3v) is 4.58. The Labute approximate surface area is 177 Å². The summed E-state index contributed by atoms with van der Waals surface area (Å²) >= 11 is 12.2. The van der Waals surface area contributed by atoms with Crippen molar-refractivity contribution in [2.75, 3.05) is 19.4 Å². The normalized spacial score (nSPS) is 10.5. The lowest BCUT2D eigenvalue weighted by Gasteiger charge is -2.11. The topological polar surface area (TPSA) is 88.1 Å². The summed E-state index contributed by atoms with van der Waals surface area (Å²) in [7, 11) is 3.27. The molecule has 3 aromatic rings. The van der Waals surface area contributed by atoms with Crippen LogP contribution in [0.25, 0.3) is 0 Å². The average Bonchev–Trinajstić information content (AvgIpc) is 2.67. The third-order valence-electron chi connectivity index (χ3n) is 3.95. The van der Waals surface area contributed by atoms with Crippen LogP contribution in [0.2, 0.25) is 10.0 Å². The molecule has 7 nitrogen and oxygen atoms in total. The highest BCUT2D eigenvalue weighted by atomic mass is 35.5. The first-order valence-electron chi connectivity index (χ1n) is 8.58. The number of hydrogen-bond donors (Lipinski definition) is 1. The van der Waals surface area contributed by atoms with Gasteiger partial charge in [-0.25, -0.2) is 9.97 Å². The zero-order valence-corrected chi connectivity index (χ0v) is 17.2. The van der Waals surface area contributed by atoms with Crippen LogP contribution in [0.5, 0.6) is 0 Å². The number of rotatable bonds is 6. The molecule has 1 N–H and O–H groups in total. The Bertz CT molecular complexity index is 1050. The van der Waals surface area contributed by atoms with Crippen molar-refractivity contribution in [3.05, 3.63) is 75.8 Å². The SMILES string of the molecule is CN(C)C(=O)c1cncc(Nc2cc(CC(=O)c3c(Cl)cccc3Cl)ccn2)n1. The predicted molar refractivity (Wildman–Crippen MR) is 112 cm³/mol. The number of nitrogens with one attached hydrogen (secondary N) is 1. The highest BCUT2D eigenvalue weighted by Gasteiger charge is 2.16. The number of carbonyl (C=O) groups is 2. The summed E-state index contributed by atoms with van der Waals surface area (Å²) in [5, 5.41) is 3.62. The van der Waals surface area contributed by atoms with Crippen LogP contribution >= 0.6 is 23.2 Å². The van der Waals surface area contributed by atoms with Crippen molar-refractivity contribution in [3.63, 3.8) is 0 Å². The summed E-state index contributed by atoms with van der Waals surface area (Å²) in [6, 6.07) is 8.38. The van der Waals surface area contributed by atoms with Crippen LogP contribution in [0, 0.1) is 0 Å². The summed E-state index contributed by atoms with van der Waals surface area (Å²) in [4.78, 5) is 38.6.